The SMILES string of the molecule is CCN(Cc1ccc(OC)c(OC)c1)C(=O)/C=C/c1ccc(C(=O)OC)cc1. The number of hydrogen-bond acceptors (Lipinski definition) is 5. The Bertz CT molecular complexity index is 843. The number of methoxy groups -OCH3 is 3. The number of nitrogens with zero attached hydrogens (tertiary/aromatic N) is 1. The third-order valence-electron chi connectivity index (χ3n) is 4.26. The maximum absolute atomic E-state index is 12.6. The number of amides is 1. The average Bonchev–Trinajstić information content (AvgIpc) is 2.75. The largest absolute Gasteiger partial charge is 0.493 e. The summed E-state index contributed by atoms with van der Waals surface area (Å²) in [5.41, 5.74) is 2.24. The maximum Gasteiger partial charge on any atom is 0.337 e. The first-order valence-electron chi connectivity index (χ1n) is 8.88. The molecule has 6 nitrogen and oxygen atoms in total. The fraction of sp³-hybridized carbons (Fsp3) is 0.273. The van der Waals surface area contributed by atoms with Gasteiger partial charge in [0.25, 0.3) is 0 Å². The van der Waals surface area contributed by atoms with Crippen LogP contribution in [0.5, 0.6) is 11.5 Å². The van der Waals surface area contributed by atoms with Crippen molar-refractivity contribution in [2.45, 2.75) is 13.5 Å². The van der Waals surface area contributed by atoms with E-state index in [0.717, 1.165) is 11.1 Å². The third kappa shape index (κ3) is 5.36. The van der Waals surface area contributed by atoms with E-state index in [-0.39, 0.29) is 5.91 Å². The molecule has 0 aromatic heterocycles. The van der Waals surface area contributed by atoms with Crippen LogP contribution in [0.2, 0.25) is 0 Å². The number of carbonyl (C=O) groups excluding carboxylic acids is 2. The number of likely N-dealkylation sites (N-methyl/N-ethyl adjacent to an activating group) is 1. The van der Waals surface area contributed by atoms with Crippen molar-refractivity contribution in [2.75, 3.05) is 27.9 Å². The summed E-state index contributed by atoms with van der Waals surface area (Å²) in [4.78, 5) is 25.7. The quantitative estimate of drug-likeness (QED) is 0.515. The number of esters is 1. The van der Waals surface area contributed by atoms with Crippen molar-refractivity contribution in [3.63, 3.8) is 0 Å². The van der Waals surface area contributed by atoms with Gasteiger partial charge in [-0.15, -0.1) is 0 Å². The summed E-state index contributed by atoms with van der Waals surface area (Å²) in [5.74, 6) is 0.786. The van der Waals surface area contributed by atoms with Crippen LogP contribution in [0.3, 0.4) is 0 Å². The van der Waals surface area contributed by atoms with Gasteiger partial charge in [-0.05, 0) is 48.4 Å². The van der Waals surface area contributed by atoms with Gasteiger partial charge in [-0.1, -0.05) is 18.2 Å². The fourth-order valence-electron chi connectivity index (χ4n) is 2.67. The zero-order chi connectivity index (χ0) is 20.5. The lowest BCUT2D eigenvalue weighted by molar-refractivity contribution is -0.126. The highest BCUT2D eigenvalue weighted by Crippen LogP contribution is 2.28. The number of ether oxygens (including phenoxy) is 3. The fourth-order valence-corrected chi connectivity index (χ4v) is 2.67. The summed E-state index contributed by atoms with van der Waals surface area (Å²) in [6, 6.07) is 12.5. The van der Waals surface area contributed by atoms with E-state index in [1.54, 1.807) is 49.5 Å². The van der Waals surface area contributed by atoms with E-state index in [4.69, 9.17) is 9.47 Å². The molecule has 2 aromatic carbocycles. The molecule has 0 aliphatic carbocycles. The van der Waals surface area contributed by atoms with Crippen LogP contribution in [0.4, 0.5) is 0 Å². The molecule has 0 saturated heterocycles. The first-order chi connectivity index (χ1) is 13.5. The predicted octanol–water partition coefficient (Wildman–Crippen LogP) is 3.55. The second-order valence-electron chi connectivity index (χ2n) is 5.99. The normalized spacial score (nSPS) is 10.6. The van der Waals surface area contributed by atoms with Crippen LogP contribution in [0.25, 0.3) is 6.08 Å². The van der Waals surface area contributed by atoms with E-state index < -0.39 is 5.97 Å². The summed E-state index contributed by atoms with van der Waals surface area (Å²) in [6.45, 7) is 2.96. The summed E-state index contributed by atoms with van der Waals surface area (Å²) in [5, 5.41) is 0. The molecule has 0 N–H and O–H groups in total. The molecule has 0 atom stereocenters. The number of carbonyl (C=O) groups is 2. The van der Waals surface area contributed by atoms with Crippen LogP contribution < -0.4 is 9.47 Å². The second-order valence-corrected chi connectivity index (χ2v) is 5.99. The molecule has 2 aromatic rings. The molecule has 1 amide bonds. The van der Waals surface area contributed by atoms with Gasteiger partial charge < -0.3 is 19.1 Å². The van der Waals surface area contributed by atoms with Crippen LogP contribution in [0.15, 0.2) is 48.5 Å². The van der Waals surface area contributed by atoms with Gasteiger partial charge in [0.15, 0.2) is 11.5 Å². The number of rotatable bonds is 8. The Morgan fingerprint density at radius 3 is 2.21 bits per heavy atom. The van der Waals surface area contributed by atoms with Crippen molar-refractivity contribution in [3.05, 3.63) is 65.2 Å². The van der Waals surface area contributed by atoms with Crippen molar-refractivity contribution in [2.24, 2.45) is 0 Å². The van der Waals surface area contributed by atoms with Gasteiger partial charge in [-0.3, -0.25) is 4.79 Å². The van der Waals surface area contributed by atoms with Crippen LogP contribution in [-0.2, 0) is 16.1 Å². The van der Waals surface area contributed by atoms with E-state index in [1.807, 2.05) is 25.1 Å². The van der Waals surface area contributed by atoms with Gasteiger partial charge in [0.1, 0.15) is 0 Å². The number of hydrogen-bond donors (Lipinski definition) is 0. The highest BCUT2D eigenvalue weighted by molar-refractivity contribution is 5.92. The molecule has 0 unspecified atom stereocenters. The monoisotopic (exact) mass is 383 g/mol. The minimum absolute atomic E-state index is 0.102. The summed E-state index contributed by atoms with van der Waals surface area (Å²) in [7, 11) is 4.51. The van der Waals surface area contributed by atoms with Crippen LogP contribution in [-0.4, -0.2) is 44.7 Å². The lowest BCUT2D eigenvalue weighted by atomic mass is 10.1. The minimum Gasteiger partial charge on any atom is -0.493 e. The van der Waals surface area contributed by atoms with Gasteiger partial charge in [-0.25, -0.2) is 4.79 Å². The Balaban J connectivity index is 2.06. The number of benzene rings is 2. The molecule has 28 heavy (non-hydrogen) atoms. The Labute approximate surface area is 165 Å². The highest BCUT2D eigenvalue weighted by Gasteiger charge is 2.12. The topological polar surface area (TPSA) is 65.1 Å². The van der Waals surface area contributed by atoms with Crippen molar-refractivity contribution in [1.29, 1.82) is 0 Å². The van der Waals surface area contributed by atoms with Gasteiger partial charge in [0.2, 0.25) is 5.91 Å². The standard InChI is InChI=1S/C22H25NO5/c1-5-23(15-17-8-12-19(26-2)20(14-17)27-3)21(24)13-9-16-6-10-18(11-7-16)22(25)28-4/h6-14H,5,15H2,1-4H3/b13-9+. The summed E-state index contributed by atoms with van der Waals surface area (Å²) < 4.78 is 15.2. The van der Waals surface area contributed by atoms with Crippen LogP contribution >= 0.6 is 0 Å². The second kappa shape index (κ2) is 10.2. The highest BCUT2D eigenvalue weighted by atomic mass is 16.5. The molecule has 0 bridgehead atoms. The summed E-state index contributed by atoms with van der Waals surface area (Å²) in [6.07, 6.45) is 3.25. The summed E-state index contributed by atoms with van der Waals surface area (Å²) >= 11 is 0. The first kappa shape index (κ1) is 21.0. The minimum atomic E-state index is -0.390. The first-order valence-corrected chi connectivity index (χ1v) is 8.88. The van der Waals surface area contributed by atoms with Crippen LogP contribution in [0.1, 0.15) is 28.4 Å². The molecule has 0 fully saturated rings. The van der Waals surface area contributed by atoms with E-state index in [2.05, 4.69) is 4.74 Å². The smallest absolute Gasteiger partial charge is 0.337 e. The van der Waals surface area contributed by atoms with Crippen molar-refractivity contribution in [1.82, 2.24) is 4.90 Å². The molecule has 0 saturated carbocycles. The Morgan fingerprint density at radius 2 is 1.64 bits per heavy atom. The van der Waals surface area contributed by atoms with Gasteiger partial charge in [0, 0.05) is 19.2 Å². The van der Waals surface area contributed by atoms with E-state index in [0.29, 0.717) is 30.2 Å². The Hall–Kier alpha value is -3.28. The van der Waals surface area contributed by atoms with Gasteiger partial charge in [-0.2, -0.15) is 0 Å². The molecule has 2 rings (SSSR count). The van der Waals surface area contributed by atoms with E-state index >= 15 is 0 Å². The molecule has 0 aliphatic heterocycles. The van der Waals surface area contributed by atoms with Crippen molar-refractivity contribution < 1.29 is 23.8 Å². The van der Waals surface area contributed by atoms with E-state index in [9.17, 15) is 9.59 Å². The molecular weight excluding hydrogens is 358 g/mol. The molecular formula is C22H25NO5. The van der Waals surface area contributed by atoms with Gasteiger partial charge >= 0.3 is 5.97 Å². The predicted molar refractivity (Wildman–Crippen MR) is 107 cm³/mol. The molecule has 148 valence electrons. The molecule has 6 heteroatoms. The maximum atomic E-state index is 12.6. The van der Waals surface area contributed by atoms with Crippen molar-refractivity contribution >= 4 is 18.0 Å². The Morgan fingerprint density at radius 1 is 0.964 bits per heavy atom. The Kier molecular flexibility index (Phi) is 7.63. The van der Waals surface area contributed by atoms with E-state index in [1.165, 1.54) is 13.2 Å². The third-order valence-corrected chi connectivity index (χ3v) is 4.26. The lowest BCUT2D eigenvalue weighted by Gasteiger charge is -2.20. The lowest BCUT2D eigenvalue weighted by Crippen LogP contribution is -2.28. The molecule has 0 spiro atoms. The molecule has 0 heterocycles. The zero-order valence-electron chi connectivity index (χ0n) is 16.6. The average molecular weight is 383 g/mol. The molecule has 0 aliphatic rings. The molecule has 0 radical (unpaired) electrons. The van der Waals surface area contributed by atoms with Crippen LogP contribution in [0, 0.1) is 0 Å². The van der Waals surface area contributed by atoms with Gasteiger partial charge in [0.05, 0.1) is 26.9 Å². The zero-order valence-corrected chi connectivity index (χ0v) is 16.6. The van der Waals surface area contributed by atoms with Crippen molar-refractivity contribution in [3.8, 4) is 11.5 Å².